The number of ether oxygens (including phenoxy) is 1. The van der Waals surface area contributed by atoms with E-state index in [9.17, 15) is 4.39 Å². The Kier molecular flexibility index (Phi) is 2.63. The van der Waals surface area contributed by atoms with Gasteiger partial charge in [0.2, 0.25) is 5.88 Å². The van der Waals surface area contributed by atoms with Crippen molar-refractivity contribution in [1.29, 1.82) is 0 Å². The Morgan fingerprint density at radius 1 is 1.22 bits per heavy atom. The molecule has 0 amide bonds. The van der Waals surface area contributed by atoms with Gasteiger partial charge in [-0.15, -0.1) is 14.8 Å². The highest BCUT2D eigenvalue weighted by atomic mass is 79.9. The molecule has 0 bridgehead atoms. The van der Waals surface area contributed by atoms with Crippen LogP contribution < -0.4 is 4.74 Å². The highest BCUT2D eigenvalue weighted by molar-refractivity contribution is 9.10. The minimum absolute atomic E-state index is 0.271. The van der Waals surface area contributed by atoms with Crippen molar-refractivity contribution in [1.82, 2.24) is 25.3 Å². The SMILES string of the molecule is Fc1cc(Br)cc(Oc2ccc3nnnn3n2)c1. The van der Waals surface area contributed by atoms with Gasteiger partial charge in [0, 0.05) is 16.6 Å². The van der Waals surface area contributed by atoms with Gasteiger partial charge in [-0.2, -0.15) is 0 Å². The molecule has 0 aliphatic heterocycles. The minimum atomic E-state index is -0.400. The second kappa shape index (κ2) is 4.30. The molecule has 8 heteroatoms. The van der Waals surface area contributed by atoms with Gasteiger partial charge < -0.3 is 4.74 Å². The van der Waals surface area contributed by atoms with E-state index in [2.05, 4.69) is 36.6 Å². The molecule has 2 heterocycles. The summed E-state index contributed by atoms with van der Waals surface area (Å²) < 4.78 is 20.4. The average molecular weight is 310 g/mol. The summed E-state index contributed by atoms with van der Waals surface area (Å²) in [5, 5.41) is 14.8. The maximum Gasteiger partial charge on any atom is 0.239 e. The molecule has 0 unspecified atom stereocenters. The first-order valence-corrected chi connectivity index (χ1v) is 5.69. The van der Waals surface area contributed by atoms with Gasteiger partial charge in [-0.25, -0.2) is 4.39 Å². The standard InChI is InChI=1S/C10H5BrFN5O/c11-6-3-7(12)5-8(4-6)18-10-2-1-9-13-15-16-17(9)14-10/h1-5H. The number of tetrazole rings is 1. The lowest BCUT2D eigenvalue weighted by Gasteiger charge is -2.04. The van der Waals surface area contributed by atoms with Crippen molar-refractivity contribution in [2.45, 2.75) is 0 Å². The molecular formula is C10H5BrFN5O. The molecule has 90 valence electrons. The Bertz CT molecular complexity index is 696. The summed E-state index contributed by atoms with van der Waals surface area (Å²) in [6, 6.07) is 7.48. The van der Waals surface area contributed by atoms with Crippen molar-refractivity contribution in [3.63, 3.8) is 0 Å². The lowest BCUT2D eigenvalue weighted by atomic mass is 10.3. The maximum atomic E-state index is 13.2. The Hall–Kier alpha value is -2.09. The predicted molar refractivity (Wildman–Crippen MR) is 62.8 cm³/mol. The Balaban J connectivity index is 1.95. The van der Waals surface area contributed by atoms with E-state index in [1.807, 2.05) is 0 Å². The number of rotatable bonds is 2. The molecule has 3 rings (SSSR count). The fourth-order valence-electron chi connectivity index (χ4n) is 1.40. The topological polar surface area (TPSA) is 65.2 Å². The molecule has 0 saturated carbocycles. The molecule has 0 aliphatic rings. The van der Waals surface area contributed by atoms with Gasteiger partial charge >= 0.3 is 0 Å². The highest BCUT2D eigenvalue weighted by Crippen LogP contribution is 2.24. The molecule has 0 fully saturated rings. The van der Waals surface area contributed by atoms with E-state index in [0.29, 0.717) is 15.9 Å². The summed E-state index contributed by atoms with van der Waals surface area (Å²) in [6.45, 7) is 0. The van der Waals surface area contributed by atoms with Gasteiger partial charge in [-0.05, 0) is 28.6 Å². The summed E-state index contributed by atoms with van der Waals surface area (Å²) >= 11 is 3.18. The summed E-state index contributed by atoms with van der Waals surface area (Å²) in [7, 11) is 0. The van der Waals surface area contributed by atoms with E-state index in [-0.39, 0.29) is 5.88 Å². The van der Waals surface area contributed by atoms with Crippen LogP contribution in [0.5, 0.6) is 11.6 Å². The summed E-state index contributed by atoms with van der Waals surface area (Å²) in [4.78, 5) is 0. The fourth-order valence-corrected chi connectivity index (χ4v) is 1.84. The van der Waals surface area contributed by atoms with E-state index >= 15 is 0 Å². The highest BCUT2D eigenvalue weighted by Gasteiger charge is 2.05. The number of nitrogens with zero attached hydrogens (tertiary/aromatic N) is 5. The van der Waals surface area contributed by atoms with E-state index in [1.165, 1.54) is 16.8 Å². The maximum absolute atomic E-state index is 13.2. The van der Waals surface area contributed by atoms with Gasteiger partial charge in [-0.3, -0.25) is 0 Å². The number of fused-ring (bicyclic) bond motifs is 1. The lowest BCUT2D eigenvalue weighted by Crippen LogP contribution is -1.97. The van der Waals surface area contributed by atoms with Crippen LogP contribution in [0, 0.1) is 5.82 Å². The van der Waals surface area contributed by atoms with Crippen LogP contribution in [0.4, 0.5) is 4.39 Å². The largest absolute Gasteiger partial charge is 0.437 e. The van der Waals surface area contributed by atoms with Crippen molar-refractivity contribution in [2.24, 2.45) is 0 Å². The van der Waals surface area contributed by atoms with Crippen molar-refractivity contribution in [3.05, 3.63) is 40.6 Å². The van der Waals surface area contributed by atoms with Crippen LogP contribution in [0.1, 0.15) is 0 Å². The van der Waals surface area contributed by atoms with Crippen molar-refractivity contribution >= 4 is 21.6 Å². The van der Waals surface area contributed by atoms with Crippen molar-refractivity contribution < 1.29 is 9.13 Å². The van der Waals surface area contributed by atoms with Crippen LogP contribution in [0.25, 0.3) is 5.65 Å². The first-order chi connectivity index (χ1) is 8.70. The zero-order chi connectivity index (χ0) is 12.5. The molecule has 0 atom stereocenters. The normalized spacial score (nSPS) is 10.8. The molecule has 1 aromatic carbocycles. The Labute approximate surface area is 109 Å². The van der Waals surface area contributed by atoms with E-state index in [4.69, 9.17) is 4.74 Å². The lowest BCUT2D eigenvalue weighted by molar-refractivity contribution is 0.442. The number of aromatic nitrogens is 5. The summed E-state index contributed by atoms with van der Waals surface area (Å²) in [6.07, 6.45) is 0. The summed E-state index contributed by atoms with van der Waals surface area (Å²) in [5.41, 5.74) is 0.503. The zero-order valence-corrected chi connectivity index (χ0v) is 10.4. The van der Waals surface area contributed by atoms with E-state index in [0.717, 1.165) is 0 Å². The molecule has 0 aliphatic carbocycles. The fraction of sp³-hybridized carbons (Fsp3) is 0. The van der Waals surface area contributed by atoms with Crippen LogP contribution in [0.15, 0.2) is 34.8 Å². The second-order valence-electron chi connectivity index (χ2n) is 3.41. The number of hydrogen-bond acceptors (Lipinski definition) is 5. The van der Waals surface area contributed by atoms with Crippen molar-refractivity contribution in [3.8, 4) is 11.6 Å². The molecule has 2 aromatic heterocycles. The van der Waals surface area contributed by atoms with E-state index in [1.54, 1.807) is 18.2 Å². The van der Waals surface area contributed by atoms with Gasteiger partial charge in [0.1, 0.15) is 11.6 Å². The third-order valence-corrected chi connectivity index (χ3v) is 2.56. The smallest absolute Gasteiger partial charge is 0.239 e. The van der Waals surface area contributed by atoms with Crippen LogP contribution in [-0.4, -0.2) is 25.3 Å². The Morgan fingerprint density at radius 3 is 2.94 bits per heavy atom. The molecular weight excluding hydrogens is 305 g/mol. The molecule has 0 spiro atoms. The third-order valence-electron chi connectivity index (χ3n) is 2.10. The Morgan fingerprint density at radius 2 is 2.11 bits per heavy atom. The van der Waals surface area contributed by atoms with Crippen LogP contribution in [0.3, 0.4) is 0 Å². The number of halogens is 2. The van der Waals surface area contributed by atoms with Crippen LogP contribution >= 0.6 is 15.9 Å². The molecule has 3 aromatic rings. The van der Waals surface area contributed by atoms with Crippen molar-refractivity contribution in [2.75, 3.05) is 0 Å². The first kappa shape index (κ1) is 11.0. The summed E-state index contributed by atoms with van der Waals surface area (Å²) in [5.74, 6) is 0.206. The molecule has 6 nitrogen and oxygen atoms in total. The van der Waals surface area contributed by atoms with Gasteiger partial charge in [-0.1, -0.05) is 15.9 Å². The van der Waals surface area contributed by atoms with Gasteiger partial charge in [0.05, 0.1) is 0 Å². The zero-order valence-electron chi connectivity index (χ0n) is 8.79. The quantitative estimate of drug-likeness (QED) is 0.726. The molecule has 18 heavy (non-hydrogen) atoms. The second-order valence-corrected chi connectivity index (χ2v) is 4.32. The monoisotopic (exact) mass is 309 g/mol. The average Bonchev–Trinajstić information content (AvgIpc) is 2.74. The van der Waals surface area contributed by atoms with Crippen LogP contribution in [-0.2, 0) is 0 Å². The first-order valence-electron chi connectivity index (χ1n) is 4.90. The van der Waals surface area contributed by atoms with Crippen LogP contribution in [0.2, 0.25) is 0 Å². The number of hydrogen-bond donors (Lipinski definition) is 0. The third kappa shape index (κ3) is 2.14. The number of benzene rings is 1. The predicted octanol–water partition coefficient (Wildman–Crippen LogP) is 2.21. The molecule has 0 saturated heterocycles. The van der Waals surface area contributed by atoms with Gasteiger partial charge in [0.25, 0.3) is 0 Å². The molecule has 0 radical (unpaired) electrons. The molecule has 0 N–H and O–H groups in total. The van der Waals surface area contributed by atoms with E-state index < -0.39 is 5.82 Å². The van der Waals surface area contributed by atoms with Gasteiger partial charge in [0.15, 0.2) is 5.65 Å². The minimum Gasteiger partial charge on any atom is -0.437 e.